The molecule has 23 heavy (non-hydrogen) atoms. The minimum absolute atomic E-state index is 0. The van der Waals surface area contributed by atoms with Crippen LogP contribution in [0, 0.1) is 0 Å². The number of hydrogen-bond donors (Lipinski definition) is 2. The van der Waals surface area contributed by atoms with Crippen molar-refractivity contribution in [2.24, 2.45) is 0 Å². The van der Waals surface area contributed by atoms with Gasteiger partial charge in [0.1, 0.15) is 5.82 Å². The number of anilines is 3. The van der Waals surface area contributed by atoms with Gasteiger partial charge in [-0.2, -0.15) is 10.1 Å². The van der Waals surface area contributed by atoms with Gasteiger partial charge in [0, 0.05) is 44.0 Å². The van der Waals surface area contributed by atoms with Crippen LogP contribution in [0.15, 0.2) is 12.3 Å². The quantitative estimate of drug-likeness (QED) is 0.882. The lowest BCUT2D eigenvalue weighted by Crippen LogP contribution is -2.31. The third-order valence-electron chi connectivity index (χ3n) is 4.73. The van der Waals surface area contributed by atoms with Gasteiger partial charge in [0.25, 0.3) is 0 Å². The van der Waals surface area contributed by atoms with Crippen LogP contribution in [0.1, 0.15) is 57.6 Å². The Morgan fingerprint density at radius 1 is 1.30 bits per heavy atom. The Morgan fingerprint density at radius 3 is 2.87 bits per heavy atom. The van der Waals surface area contributed by atoms with Crippen LogP contribution < -0.4 is 10.2 Å². The zero-order valence-electron chi connectivity index (χ0n) is 13.7. The Hall–Kier alpha value is -2.11. The predicted octanol–water partition coefficient (Wildman–Crippen LogP) is 3.62. The van der Waals surface area contributed by atoms with Crippen molar-refractivity contribution in [1.82, 2.24) is 20.2 Å². The van der Waals surface area contributed by atoms with Gasteiger partial charge in [0.05, 0.1) is 0 Å². The topological polar surface area (TPSA) is 69.7 Å². The number of aryl methyl sites for hydroxylation is 1. The first kappa shape index (κ1) is 14.5. The average Bonchev–Trinajstić information content (AvgIpc) is 3.35. The molecule has 0 aromatic carbocycles. The fourth-order valence-electron chi connectivity index (χ4n) is 3.14. The molecule has 1 aliphatic heterocycles. The van der Waals surface area contributed by atoms with Crippen LogP contribution in [0.4, 0.5) is 17.6 Å². The SMILES string of the molecule is CCc1cnc(N2CCCCC2)nc1Nc1cc(C2CC2)[nH]n1.[HH]. The summed E-state index contributed by atoms with van der Waals surface area (Å²) in [5, 5.41) is 10.9. The highest BCUT2D eigenvalue weighted by Gasteiger charge is 2.25. The van der Waals surface area contributed by atoms with E-state index in [1.54, 1.807) is 0 Å². The molecule has 0 amide bonds. The van der Waals surface area contributed by atoms with Gasteiger partial charge in [-0.3, -0.25) is 5.10 Å². The first-order chi connectivity index (χ1) is 11.3. The smallest absolute Gasteiger partial charge is 0.227 e. The fourth-order valence-corrected chi connectivity index (χ4v) is 3.14. The molecule has 2 aromatic heterocycles. The van der Waals surface area contributed by atoms with Gasteiger partial charge >= 0.3 is 0 Å². The normalized spacial score (nSPS) is 18.2. The summed E-state index contributed by atoms with van der Waals surface area (Å²) in [6, 6.07) is 2.11. The molecule has 2 aliphatic rings. The van der Waals surface area contributed by atoms with E-state index >= 15 is 0 Å². The maximum absolute atomic E-state index is 4.78. The lowest BCUT2D eigenvalue weighted by molar-refractivity contribution is 0.568. The molecule has 3 heterocycles. The number of nitrogens with one attached hydrogen (secondary N) is 2. The molecule has 124 valence electrons. The number of H-pyrrole nitrogens is 1. The second kappa shape index (κ2) is 6.18. The molecule has 1 saturated carbocycles. The second-order valence-electron chi connectivity index (χ2n) is 6.55. The van der Waals surface area contributed by atoms with E-state index in [0.717, 1.165) is 42.7 Å². The molecule has 0 radical (unpaired) electrons. The number of piperidine rings is 1. The molecule has 6 heteroatoms. The molecule has 4 rings (SSSR count). The largest absolute Gasteiger partial charge is 0.341 e. The summed E-state index contributed by atoms with van der Waals surface area (Å²) in [7, 11) is 0. The number of aromatic nitrogens is 4. The summed E-state index contributed by atoms with van der Waals surface area (Å²) < 4.78 is 0. The molecule has 0 bridgehead atoms. The summed E-state index contributed by atoms with van der Waals surface area (Å²) in [6.45, 7) is 4.24. The van der Waals surface area contributed by atoms with Crippen LogP contribution in [-0.4, -0.2) is 33.3 Å². The maximum Gasteiger partial charge on any atom is 0.227 e. The molecule has 0 unspecified atom stereocenters. The zero-order chi connectivity index (χ0) is 15.6. The van der Waals surface area contributed by atoms with Crippen molar-refractivity contribution in [3.05, 3.63) is 23.5 Å². The van der Waals surface area contributed by atoms with Crippen molar-refractivity contribution in [2.45, 2.75) is 51.4 Å². The summed E-state index contributed by atoms with van der Waals surface area (Å²) in [5.74, 6) is 3.25. The molecule has 6 nitrogen and oxygen atoms in total. The summed E-state index contributed by atoms with van der Waals surface area (Å²) in [5.41, 5.74) is 2.36. The predicted molar refractivity (Wildman–Crippen MR) is 93.4 cm³/mol. The van der Waals surface area contributed by atoms with Gasteiger partial charge in [0.2, 0.25) is 5.95 Å². The van der Waals surface area contributed by atoms with Crippen molar-refractivity contribution >= 4 is 17.6 Å². The first-order valence-corrected chi connectivity index (χ1v) is 8.76. The summed E-state index contributed by atoms with van der Waals surface area (Å²) in [4.78, 5) is 11.6. The van der Waals surface area contributed by atoms with Gasteiger partial charge in [-0.05, 0) is 38.5 Å². The third kappa shape index (κ3) is 3.16. The van der Waals surface area contributed by atoms with Crippen molar-refractivity contribution < 1.29 is 1.43 Å². The van der Waals surface area contributed by atoms with Gasteiger partial charge in [-0.25, -0.2) is 4.98 Å². The lowest BCUT2D eigenvalue weighted by atomic mass is 10.1. The molecule has 0 atom stereocenters. The Labute approximate surface area is 138 Å². The molecule has 2 N–H and O–H groups in total. The summed E-state index contributed by atoms with van der Waals surface area (Å²) >= 11 is 0. The van der Waals surface area contributed by atoms with E-state index < -0.39 is 0 Å². The van der Waals surface area contributed by atoms with Crippen LogP contribution in [0.3, 0.4) is 0 Å². The van der Waals surface area contributed by atoms with Crippen LogP contribution in [0.2, 0.25) is 0 Å². The second-order valence-corrected chi connectivity index (χ2v) is 6.55. The highest BCUT2D eigenvalue weighted by molar-refractivity contribution is 5.58. The molecule has 1 aliphatic carbocycles. The number of aromatic amines is 1. The summed E-state index contributed by atoms with van der Waals surface area (Å²) in [6.07, 6.45) is 9.17. The van der Waals surface area contributed by atoms with E-state index in [2.05, 4.69) is 38.4 Å². The molecule has 0 spiro atoms. The van der Waals surface area contributed by atoms with Crippen molar-refractivity contribution in [3.8, 4) is 0 Å². The minimum atomic E-state index is 0. The Bertz CT molecular complexity index is 675. The highest BCUT2D eigenvalue weighted by Crippen LogP contribution is 2.39. The molecular formula is C17H26N6. The van der Waals surface area contributed by atoms with Crippen LogP contribution in [0.25, 0.3) is 0 Å². The lowest BCUT2D eigenvalue weighted by Gasteiger charge is -2.27. The van der Waals surface area contributed by atoms with Gasteiger partial charge < -0.3 is 10.2 Å². The van der Waals surface area contributed by atoms with E-state index in [0.29, 0.717) is 5.92 Å². The van der Waals surface area contributed by atoms with E-state index in [9.17, 15) is 0 Å². The van der Waals surface area contributed by atoms with E-state index in [-0.39, 0.29) is 1.43 Å². The van der Waals surface area contributed by atoms with E-state index in [4.69, 9.17) is 4.98 Å². The van der Waals surface area contributed by atoms with Crippen LogP contribution in [-0.2, 0) is 6.42 Å². The van der Waals surface area contributed by atoms with Crippen LogP contribution >= 0.6 is 0 Å². The van der Waals surface area contributed by atoms with E-state index in [1.807, 2.05) is 6.20 Å². The Balaban J connectivity index is 0.00000169. The minimum Gasteiger partial charge on any atom is -0.341 e. The van der Waals surface area contributed by atoms with Crippen molar-refractivity contribution in [3.63, 3.8) is 0 Å². The van der Waals surface area contributed by atoms with Gasteiger partial charge in [0.15, 0.2) is 5.82 Å². The monoisotopic (exact) mass is 314 g/mol. The third-order valence-corrected chi connectivity index (χ3v) is 4.73. The number of hydrogen-bond acceptors (Lipinski definition) is 5. The first-order valence-electron chi connectivity index (χ1n) is 8.76. The highest BCUT2D eigenvalue weighted by atomic mass is 15.3. The Morgan fingerprint density at radius 2 is 2.13 bits per heavy atom. The maximum atomic E-state index is 4.78. The van der Waals surface area contributed by atoms with Gasteiger partial charge in [-0.15, -0.1) is 0 Å². The molecule has 2 fully saturated rings. The molecule has 2 aromatic rings. The van der Waals surface area contributed by atoms with Gasteiger partial charge in [-0.1, -0.05) is 6.92 Å². The number of nitrogens with zero attached hydrogens (tertiary/aromatic N) is 4. The average molecular weight is 314 g/mol. The Kier molecular flexibility index (Phi) is 3.89. The number of rotatable bonds is 5. The van der Waals surface area contributed by atoms with Crippen molar-refractivity contribution in [1.29, 1.82) is 0 Å². The van der Waals surface area contributed by atoms with E-state index in [1.165, 1.54) is 37.8 Å². The fraction of sp³-hybridized carbons (Fsp3) is 0.588. The van der Waals surface area contributed by atoms with Crippen molar-refractivity contribution in [2.75, 3.05) is 23.3 Å². The molecule has 1 saturated heterocycles. The standard InChI is InChI=1S/C17H24N6.H2/c1-2-12-11-18-17(23-8-4-3-5-9-23)20-16(12)19-15-10-14(21-22-15)13-6-7-13;/h10-11,13H,2-9H2,1H3,(H2,18,19,20,21,22);1H. The van der Waals surface area contributed by atoms with Crippen LogP contribution in [0.5, 0.6) is 0 Å². The zero-order valence-corrected chi connectivity index (χ0v) is 13.7. The molecular weight excluding hydrogens is 288 g/mol.